The van der Waals surface area contributed by atoms with Crippen LogP contribution in [0.2, 0.25) is 0 Å². The molecule has 0 radical (unpaired) electrons. The topological polar surface area (TPSA) is 112 Å². The van der Waals surface area contributed by atoms with E-state index in [4.69, 9.17) is 4.74 Å². The van der Waals surface area contributed by atoms with Crippen molar-refractivity contribution >= 4 is 39.7 Å². The zero-order chi connectivity index (χ0) is 26.1. The minimum absolute atomic E-state index is 0.110. The largest absolute Gasteiger partial charge is 0.457 e. The number of anilines is 1. The van der Waals surface area contributed by atoms with Crippen LogP contribution in [0.3, 0.4) is 0 Å². The van der Waals surface area contributed by atoms with Crippen LogP contribution in [0.15, 0.2) is 66.2 Å². The number of nitro groups is 1. The predicted molar refractivity (Wildman–Crippen MR) is 143 cm³/mol. The van der Waals surface area contributed by atoms with Gasteiger partial charge in [-0.05, 0) is 61.5 Å². The summed E-state index contributed by atoms with van der Waals surface area (Å²) >= 11 is 1.62. The fourth-order valence-electron chi connectivity index (χ4n) is 4.31. The number of aryl methyl sites for hydroxylation is 3. The molecule has 10 heteroatoms. The first-order chi connectivity index (χ1) is 17.8. The second-order valence-electron chi connectivity index (χ2n) is 8.72. The van der Waals surface area contributed by atoms with Gasteiger partial charge < -0.3 is 10.1 Å². The molecular weight excluding hydrogens is 490 g/mol. The summed E-state index contributed by atoms with van der Waals surface area (Å²) < 4.78 is 7.44. The van der Waals surface area contributed by atoms with Crippen molar-refractivity contribution in [2.45, 2.75) is 27.3 Å². The van der Waals surface area contributed by atoms with Crippen LogP contribution in [0.1, 0.15) is 16.8 Å². The molecular formula is C27H23N5O4S. The number of ether oxygens (including phenoxy) is 1. The molecule has 5 aromatic rings. The van der Waals surface area contributed by atoms with Gasteiger partial charge in [0.2, 0.25) is 5.91 Å². The lowest BCUT2D eigenvalue weighted by Gasteiger charge is -2.11. The van der Waals surface area contributed by atoms with Crippen LogP contribution < -0.4 is 10.1 Å². The third-order valence-electron chi connectivity index (χ3n) is 5.70. The van der Waals surface area contributed by atoms with Gasteiger partial charge in [-0.1, -0.05) is 12.1 Å². The molecule has 0 bridgehead atoms. The third kappa shape index (κ3) is 5.19. The highest BCUT2D eigenvalue weighted by atomic mass is 32.1. The van der Waals surface area contributed by atoms with Crippen LogP contribution >= 0.6 is 11.3 Å². The Bertz CT molecular complexity index is 1620. The molecule has 2 aromatic carbocycles. The quantitative estimate of drug-likeness (QED) is 0.198. The zero-order valence-corrected chi connectivity index (χ0v) is 21.2. The summed E-state index contributed by atoms with van der Waals surface area (Å²) in [4.78, 5) is 29.5. The zero-order valence-electron chi connectivity index (χ0n) is 20.4. The molecule has 0 fully saturated rings. The minimum atomic E-state index is -0.523. The first kappa shape index (κ1) is 24.1. The molecule has 0 unspecified atom stereocenters. The Labute approximate surface area is 216 Å². The molecule has 5 rings (SSSR count). The van der Waals surface area contributed by atoms with Gasteiger partial charge >= 0.3 is 0 Å². The van der Waals surface area contributed by atoms with Crippen LogP contribution in [0.4, 0.5) is 11.4 Å². The second-order valence-corrected chi connectivity index (χ2v) is 9.67. The molecule has 1 amide bonds. The van der Waals surface area contributed by atoms with Gasteiger partial charge in [0, 0.05) is 28.8 Å². The Balaban J connectivity index is 1.41. The average Bonchev–Trinajstić information content (AvgIpc) is 3.47. The monoisotopic (exact) mass is 513 g/mol. The number of thiophene rings is 1. The number of carbonyl (C=O) groups is 1. The maximum atomic E-state index is 13.0. The van der Waals surface area contributed by atoms with Crippen LogP contribution in [0, 0.1) is 30.9 Å². The lowest BCUT2D eigenvalue weighted by atomic mass is 10.1. The second kappa shape index (κ2) is 9.82. The summed E-state index contributed by atoms with van der Waals surface area (Å²) in [5.74, 6) is 0.407. The van der Waals surface area contributed by atoms with Gasteiger partial charge in [-0.3, -0.25) is 14.9 Å². The number of hydrogen-bond acceptors (Lipinski definition) is 7. The molecule has 0 saturated heterocycles. The fourth-order valence-corrected chi connectivity index (χ4v) is 5.07. The van der Waals surface area contributed by atoms with E-state index in [1.807, 2.05) is 62.5 Å². The maximum Gasteiger partial charge on any atom is 0.275 e. The molecule has 0 aliphatic heterocycles. The molecule has 186 valence electrons. The van der Waals surface area contributed by atoms with Crippen molar-refractivity contribution in [3.8, 4) is 21.9 Å². The smallest absolute Gasteiger partial charge is 0.275 e. The van der Waals surface area contributed by atoms with Gasteiger partial charge in [-0.15, -0.1) is 11.3 Å². The van der Waals surface area contributed by atoms with Crippen LogP contribution in [0.25, 0.3) is 21.5 Å². The van der Waals surface area contributed by atoms with Crippen molar-refractivity contribution in [3.63, 3.8) is 0 Å². The number of nitrogens with one attached hydrogen (secondary N) is 1. The van der Waals surface area contributed by atoms with E-state index in [1.165, 1.54) is 12.1 Å². The molecule has 3 heterocycles. The number of amides is 1. The first-order valence-electron chi connectivity index (χ1n) is 11.5. The van der Waals surface area contributed by atoms with E-state index >= 15 is 0 Å². The summed E-state index contributed by atoms with van der Waals surface area (Å²) in [6.45, 7) is 5.66. The summed E-state index contributed by atoms with van der Waals surface area (Å²) in [5.41, 5.74) is 4.43. The molecule has 0 saturated carbocycles. The number of nitrogens with zero attached hydrogens (tertiary/aromatic N) is 4. The fraction of sp³-hybridized carbons (Fsp3) is 0.148. The summed E-state index contributed by atoms with van der Waals surface area (Å²) in [5, 5.41) is 21.7. The molecule has 3 aromatic heterocycles. The molecule has 1 N–H and O–H groups in total. The summed E-state index contributed by atoms with van der Waals surface area (Å²) in [6, 6.07) is 15.8. The Hall–Kier alpha value is -4.57. The van der Waals surface area contributed by atoms with E-state index in [2.05, 4.69) is 15.4 Å². The Morgan fingerprint density at radius 2 is 1.84 bits per heavy atom. The minimum Gasteiger partial charge on any atom is -0.457 e. The normalized spacial score (nSPS) is 11.0. The predicted octanol–water partition coefficient (Wildman–Crippen LogP) is 6.42. The number of carbonyl (C=O) groups excluding carboxylic acids is 1. The molecule has 0 aliphatic carbocycles. The highest BCUT2D eigenvalue weighted by molar-refractivity contribution is 7.13. The molecule has 37 heavy (non-hydrogen) atoms. The van der Waals surface area contributed by atoms with Crippen LogP contribution in [-0.2, 0) is 11.3 Å². The number of pyridine rings is 1. The lowest BCUT2D eigenvalue weighted by molar-refractivity contribution is -0.384. The third-order valence-corrected chi connectivity index (χ3v) is 6.61. The van der Waals surface area contributed by atoms with E-state index in [9.17, 15) is 14.9 Å². The van der Waals surface area contributed by atoms with Crippen molar-refractivity contribution in [3.05, 3.63) is 93.1 Å². The molecule has 0 spiro atoms. The van der Waals surface area contributed by atoms with Crippen LogP contribution in [0.5, 0.6) is 11.5 Å². The van der Waals surface area contributed by atoms with E-state index in [0.29, 0.717) is 11.4 Å². The van der Waals surface area contributed by atoms with E-state index < -0.39 is 10.8 Å². The van der Waals surface area contributed by atoms with Crippen molar-refractivity contribution in [1.82, 2.24) is 14.8 Å². The van der Waals surface area contributed by atoms with Gasteiger partial charge in [-0.25, -0.2) is 9.67 Å². The van der Waals surface area contributed by atoms with Crippen molar-refractivity contribution < 1.29 is 14.5 Å². The number of nitro benzene ring substituents is 1. The van der Waals surface area contributed by atoms with Crippen molar-refractivity contribution in [2.75, 3.05) is 5.32 Å². The van der Waals surface area contributed by atoms with E-state index in [0.717, 1.165) is 32.6 Å². The highest BCUT2D eigenvalue weighted by Crippen LogP contribution is 2.33. The van der Waals surface area contributed by atoms with E-state index in [1.54, 1.807) is 28.3 Å². The Morgan fingerprint density at radius 1 is 1.08 bits per heavy atom. The number of benzene rings is 2. The van der Waals surface area contributed by atoms with Crippen molar-refractivity contribution in [2.24, 2.45) is 0 Å². The summed E-state index contributed by atoms with van der Waals surface area (Å²) in [6.07, 6.45) is 1.70. The number of aromatic nitrogens is 3. The van der Waals surface area contributed by atoms with Gasteiger partial charge in [-0.2, -0.15) is 5.10 Å². The standard InChI is InChI=1S/C27H23N5O4S/c1-16-9-17(2)11-21(10-16)36-22-13-19(12-20(14-22)32(34)35)29-25(33)15-31-27-26(18(3)30-31)23(6-7-28-27)24-5-4-8-37-24/h4-14H,15H2,1-3H3,(H,29,33). The lowest BCUT2D eigenvalue weighted by Crippen LogP contribution is -2.20. The van der Waals surface area contributed by atoms with Crippen molar-refractivity contribution in [1.29, 1.82) is 0 Å². The highest BCUT2D eigenvalue weighted by Gasteiger charge is 2.18. The molecule has 0 atom stereocenters. The number of non-ortho nitro benzene ring substituents is 1. The number of rotatable bonds is 7. The average molecular weight is 514 g/mol. The Morgan fingerprint density at radius 3 is 2.54 bits per heavy atom. The summed E-state index contributed by atoms with van der Waals surface area (Å²) in [7, 11) is 0. The van der Waals surface area contributed by atoms with Crippen LogP contribution in [-0.4, -0.2) is 25.6 Å². The SMILES string of the molecule is Cc1cc(C)cc(Oc2cc(NC(=O)Cn3nc(C)c4c(-c5cccs5)ccnc43)cc([N+](=O)[O-])c2)c1. The maximum absolute atomic E-state index is 13.0. The van der Waals surface area contributed by atoms with E-state index in [-0.39, 0.29) is 23.7 Å². The number of fused-ring (bicyclic) bond motifs is 1. The van der Waals surface area contributed by atoms with Gasteiger partial charge in [0.15, 0.2) is 5.65 Å². The Kier molecular flexibility index (Phi) is 6.41. The van der Waals surface area contributed by atoms with Gasteiger partial charge in [0.05, 0.1) is 27.8 Å². The van der Waals surface area contributed by atoms with Gasteiger partial charge in [0.1, 0.15) is 18.0 Å². The molecule has 9 nitrogen and oxygen atoms in total. The molecule has 0 aliphatic rings. The first-order valence-corrected chi connectivity index (χ1v) is 12.4. The van der Waals surface area contributed by atoms with Gasteiger partial charge in [0.25, 0.3) is 5.69 Å². The number of hydrogen-bond donors (Lipinski definition) is 1.